The topological polar surface area (TPSA) is 62.1 Å². The summed E-state index contributed by atoms with van der Waals surface area (Å²) in [5, 5.41) is 9.84. The third-order valence-electron chi connectivity index (χ3n) is 1.16. The summed E-state index contributed by atoms with van der Waals surface area (Å²) < 4.78 is 0.424. The van der Waals surface area contributed by atoms with E-state index in [1.54, 1.807) is 0 Å². The van der Waals surface area contributed by atoms with Gasteiger partial charge in [0.05, 0.1) is 0 Å². The smallest absolute Gasteiger partial charge is 0.358 e. The molecular weight excluding hydrogens is 216 g/mol. The molecule has 0 aromatic carbocycles. The molecule has 0 aromatic rings. The quantitative estimate of drug-likeness (QED) is 0.689. The molecule has 11 heavy (non-hydrogen) atoms. The molecule has 0 aliphatic carbocycles. The minimum atomic E-state index is -1.09. The molecule has 1 aliphatic heterocycles. The van der Waals surface area contributed by atoms with Gasteiger partial charge in [0.15, 0.2) is 4.74 Å². The molecule has 0 spiro atoms. The average molecular weight is 223 g/mol. The van der Waals surface area contributed by atoms with Crippen LogP contribution in [0.4, 0.5) is 0 Å². The second kappa shape index (κ2) is 3.19. The molecule has 1 atom stereocenters. The van der Waals surface area contributed by atoms with Crippen LogP contribution in [0.5, 0.6) is 0 Å². The van der Waals surface area contributed by atoms with Crippen LogP contribution >= 0.6 is 15.9 Å². The van der Waals surface area contributed by atoms with Crippen molar-refractivity contribution in [3.63, 3.8) is 0 Å². The third kappa shape index (κ3) is 1.69. The van der Waals surface area contributed by atoms with Crippen molar-refractivity contribution in [2.24, 2.45) is 4.99 Å². The Bertz CT molecular complexity index is 206. The van der Waals surface area contributed by atoms with E-state index in [2.05, 4.69) is 20.9 Å². The van der Waals surface area contributed by atoms with Crippen molar-refractivity contribution in [3.8, 4) is 0 Å². The molecule has 1 unspecified atom stereocenters. The highest BCUT2D eigenvalue weighted by atomic mass is 79.9. The van der Waals surface area contributed by atoms with Crippen LogP contribution in [0.15, 0.2) is 4.99 Å². The predicted octanol–water partition coefficient (Wildman–Crippen LogP) is 0.415. The van der Waals surface area contributed by atoms with E-state index in [0.717, 1.165) is 0 Å². The number of carboxylic acid groups (broad SMARTS) is 1. The maximum Gasteiger partial charge on any atom is 0.358 e. The highest BCUT2D eigenvalue weighted by molar-refractivity contribution is 9.18. The summed E-state index contributed by atoms with van der Waals surface area (Å²) in [4.78, 5) is 18.9. The number of aliphatic imine (C=N–C) groups is 1. The molecular formula is C5H7BrN2O3. The molecule has 5 nitrogen and oxygen atoms in total. The molecule has 6 heteroatoms. The zero-order valence-corrected chi connectivity index (χ0v) is 7.41. The zero-order valence-electron chi connectivity index (χ0n) is 5.82. The maximum atomic E-state index is 10.3. The van der Waals surface area contributed by atoms with Crippen LogP contribution in [0.2, 0.25) is 0 Å². The molecule has 0 amide bonds. The van der Waals surface area contributed by atoms with E-state index in [1.807, 2.05) is 6.92 Å². The monoisotopic (exact) mass is 222 g/mol. The first-order valence-corrected chi connectivity index (χ1v) is 3.85. The molecule has 1 heterocycles. The van der Waals surface area contributed by atoms with Gasteiger partial charge in [0, 0.05) is 6.54 Å². The van der Waals surface area contributed by atoms with Gasteiger partial charge in [-0.1, -0.05) is 0 Å². The Morgan fingerprint density at radius 2 is 2.64 bits per heavy atom. The summed E-state index contributed by atoms with van der Waals surface area (Å²) in [6.07, 6.45) is -1.09. The number of hydroxylamine groups is 2. The van der Waals surface area contributed by atoms with Gasteiger partial charge in [0.25, 0.3) is 6.23 Å². The van der Waals surface area contributed by atoms with Gasteiger partial charge >= 0.3 is 5.97 Å². The van der Waals surface area contributed by atoms with Crippen molar-refractivity contribution in [1.82, 2.24) is 5.06 Å². The molecule has 0 bridgehead atoms. The van der Waals surface area contributed by atoms with Gasteiger partial charge in [0.2, 0.25) is 0 Å². The number of amidine groups is 1. The Labute approximate surface area is 71.7 Å². The van der Waals surface area contributed by atoms with E-state index in [1.165, 1.54) is 5.06 Å². The molecule has 1 N–H and O–H groups in total. The fourth-order valence-corrected chi connectivity index (χ4v) is 1.17. The number of hydrogen-bond acceptors (Lipinski definition) is 4. The van der Waals surface area contributed by atoms with Gasteiger partial charge in [-0.2, -0.15) is 0 Å². The van der Waals surface area contributed by atoms with Crippen LogP contribution in [-0.4, -0.2) is 33.7 Å². The summed E-state index contributed by atoms with van der Waals surface area (Å²) in [5.74, 6) is -1.09. The zero-order chi connectivity index (χ0) is 8.43. The van der Waals surface area contributed by atoms with Crippen molar-refractivity contribution in [1.29, 1.82) is 0 Å². The molecule has 1 aliphatic rings. The lowest BCUT2D eigenvalue weighted by Crippen LogP contribution is -2.26. The number of nitrogens with zero attached hydrogens (tertiary/aromatic N) is 2. The highest BCUT2D eigenvalue weighted by Crippen LogP contribution is 2.14. The third-order valence-corrected chi connectivity index (χ3v) is 1.76. The largest absolute Gasteiger partial charge is 0.478 e. The van der Waals surface area contributed by atoms with Crippen LogP contribution in [-0.2, 0) is 9.63 Å². The Morgan fingerprint density at radius 3 is 2.91 bits per heavy atom. The summed E-state index contributed by atoms with van der Waals surface area (Å²) in [6.45, 7) is 2.40. The van der Waals surface area contributed by atoms with Crippen molar-refractivity contribution < 1.29 is 14.7 Å². The van der Waals surface area contributed by atoms with Gasteiger partial charge in [-0.05, 0) is 22.9 Å². The first kappa shape index (κ1) is 8.48. The Kier molecular flexibility index (Phi) is 2.45. The van der Waals surface area contributed by atoms with Crippen molar-refractivity contribution >= 4 is 26.6 Å². The minimum absolute atomic E-state index is 0.424. The Balaban J connectivity index is 2.63. The van der Waals surface area contributed by atoms with E-state index in [0.29, 0.717) is 11.3 Å². The first-order valence-electron chi connectivity index (χ1n) is 3.05. The van der Waals surface area contributed by atoms with Crippen LogP contribution in [0.25, 0.3) is 0 Å². The second-order valence-corrected chi connectivity index (χ2v) is 2.60. The van der Waals surface area contributed by atoms with E-state index in [4.69, 9.17) is 9.94 Å². The average Bonchev–Trinajstić information content (AvgIpc) is 2.31. The Morgan fingerprint density at radius 1 is 2.00 bits per heavy atom. The highest BCUT2D eigenvalue weighted by Gasteiger charge is 2.28. The molecule has 62 valence electrons. The predicted molar refractivity (Wildman–Crippen MR) is 41.3 cm³/mol. The van der Waals surface area contributed by atoms with Crippen LogP contribution < -0.4 is 0 Å². The van der Waals surface area contributed by atoms with Gasteiger partial charge in [0.1, 0.15) is 0 Å². The summed E-state index contributed by atoms with van der Waals surface area (Å²) in [5.41, 5.74) is 0. The van der Waals surface area contributed by atoms with Gasteiger partial charge in [-0.3, -0.25) is 0 Å². The van der Waals surface area contributed by atoms with Crippen LogP contribution in [0.1, 0.15) is 6.92 Å². The number of carboxylic acids is 1. The second-order valence-electron chi connectivity index (χ2n) is 1.89. The van der Waals surface area contributed by atoms with E-state index in [-0.39, 0.29) is 0 Å². The fourth-order valence-electron chi connectivity index (χ4n) is 0.654. The summed E-state index contributed by atoms with van der Waals surface area (Å²) in [6, 6.07) is 0. The lowest BCUT2D eigenvalue weighted by molar-refractivity contribution is -0.170. The molecule has 1 rings (SSSR count). The van der Waals surface area contributed by atoms with Gasteiger partial charge < -0.3 is 5.11 Å². The molecule has 0 aromatic heterocycles. The van der Waals surface area contributed by atoms with Crippen molar-refractivity contribution in [3.05, 3.63) is 0 Å². The standard InChI is InChI=1S/C5H7BrN2O3/c1-2-8-5(6)7-3(11-8)4(9)10/h3H,2H2,1H3,(H,9,10). The lowest BCUT2D eigenvalue weighted by atomic mass is 10.6. The van der Waals surface area contributed by atoms with Crippen molar-refractivity contribution in [2.75, 3.05) is 6.54 Å². The SMILES string of the molecule is CCN1OC(C(=O)O)N=C1Br. The molecule has 0 saturated heterocycles. The summed E-state index contributed by atoms with van der Waals surface area (Å²) >= 11 is 3.06. The number of hydrogen-bond donors (Lipinski definition) is 1. The van der Waals surface area contributed by atoms with E-state index in [9.17, 15) is 4.79 Å². The normalized spacial score (nSPS) is 23.6. The first-order chi connectivity index (χ1) is 5.15. The number of aliphatic carboxylic acids is 1. The van der Waals surface area contributed by atoms with Gasteiger partial charge in [-0.25, -0.2) is 19.7 Å². The van der Waals surface area contributed by atoms with Crippen LogP contribution in [0, 0.1) is 0 Å². The van der Waals surface area contributed by atoms with Crippen LogP contribution in [0.3, 0.4) is 0 Å². The maximum absolute atomic E-state index is 10.3. The molecule has 0 radical (unpaired) electrons. The number of carbonyl (C=O) groups is 1. The van der Waals surface area contributed by atoms with Crippen molar-refractivity contribution in [2.45, 2.75) is 13.2 Å². The minimum Gasteiger partial charge on any atom is -0.478 e. The lowest BCUT2D eigenvalue weighted by Gasteiger charge is -2.12. The van der Waals surface area contributed by atoms with E-state index < -0.39 is 12.2 Å². The fraction of sp³-hybridized carbons (Fsp3) is 0.600. The molecule has 0 fully saturated rings. The van der Waals surface area contributed by atoms with Gasteiger partial charge in [-0.15, -0.1) is 0 Å². The Hall–Kier alpha value is -0.620. The van der Waals surface area contributed by atoms with E-state index >= 15 is 0 Å². The summed E-state index contributed by atoms with van der Waals surface area (Å²) in [7, 11) is 0. The number of rotatable bonds is 2. The number of halogens is 1. The molecule has 0 saturated carbocycles.